The Labute approximate surface area is 129 Å². The van der Waals surface area contributed by atoms with Crippen LogP contribution in [0.5, 0.6) is 0 Å². The summed E-state index contributed by atoms with van der Waals surface area (Å²) in [7, 11) is 0. The quantitative estimate of drug-likeness (QED) is 0.722. The molecule has 1 aromatic heterocycles. The molecule has 22 heavy (non-hydrogen) atoms. The average molecular weight is 288 g/mol. The van der Waals surface area contributed by atoms with Crippen LogP contribution >= 0.6 is 0 Å². The first-order valence-electron chi connectivity index (χ1n) is 7.11. The highest BCUT2D eigenvalue weighted by atomic mass is 15.4. The lowest BCUT2D eigenvalue weighted by Crippen LogP contribution is -2.01. The minimum absolute atomic E-state index is 0.340. The first-order chi connectivity index (χ1) is 10.6. The summed E-state index contributed by atoms with van der Waals surface area (Å²) in [4.78, 5) is 0. The molecule has 1 heterocycles. The SMILES string of the molecule is Cc1ccc(-n2nnc(C#N)c2-c2ccccc2C)cc1C. The molecule has 0 saturated carbocycles. The van der Waals surface area contributed by atoms with Gasteiger partial charge in [0.05, 0.1) is 5.69 Å². The van der Waals surface area contributed by atoms with Crippen molar-refractivity contribution < 1.29 is 0 Å². The van der Waals surface area contributed by atoms with Gasteiger partial charge < -0.3 is 0 Å². The average Bonchev–Trinajstić information content (AvgIpc) is 2.94. The number of nitrogens with zero attached hydrogens (tertiary/aromatic N) is 4. The Balaban J connectivity index is 2.27. The summed E-state index contributed by atoms with van der Waals surface area (Å²) in [6.07, 6.45) is 0. The molecule has 0 amide bonds. The van der Waals surface area contributed by atoms with Gasteiger partial charge in [0, 0.05) is 5.56 Å². The largest absolute Gasteiger partial charge is 0.211 e. The molecule has 3 aromatic rings. The van der Waals surface area contributed by atoms with Crippen molar-refractivity contribution in [3.63, 3.8) is 0 Å². The van der Waals surface area contributed by atoms with Crippen LogP contribution in [0.4, 0.5) is 0 Å². The zero-order chi connectivity index (χ0) is 15.7. The van der Waals surface area contributed by atoms with E-state index in [0.29, 0.717) is 5.69 Å². The smallest absolute Gasteiger partial charge is 0.191 e. The Morgan fingerprint density at radius 2 is 1.73 bits per heavy atom. The van der Waals surface area contributed by atoms with E-state index in [9.17, 15) is 5.26 Å². The van der Waals surface area contributed by atoms with Gasteiger partial charge in [-0.1, -0.05) is 35.5 Å². The van der Waals surface area contributed by atoms with Gasteiger partial charge in [-0.05, 0) is 49.6 Å². The Morgan fingerprint density at radius 1 is 0.955 bits per heavy atom. The number of benzene rings is 2. The normalized spacial score (nSPS) is 10.5. The van der Waals surface area contributed by atoms with E-state index in [2.05, 4.69) is 42.4 Å². The highest BCUT2D eigenvalue weighted by Gasteiger charge is 2.17. The van der Waals surface area contributed by atoms with Crippen LogP contribution < -0.4 is 0 Å². The fourth-order valence-electron chi connectivity index (χ4n) is 2.48. The molecule has 0 saturated heterocycles. The molecule has 0 N–H and O–H groups in total. The van der Waals surface area contributed by atoms with Crippen molar-refractivity contribution in [3.8, 4) is 23.0 Å². The molecule has 0 spiro atoms. The molecule has 0 aliphatic heterocycles. The molecule has 4 heteroatoms. The van der Waals surface area contributed by atoms with Gasteiger partial charge in [-0.25, -0.2) is 4.68 Å². The minimum Gasteiger partial charge on any atom is -0.211 e. The molecule has 4 nitrogen and oxygen atoms in total. The molecule has 108 valence electrons. The van der Waals surface area contributed by atoms with Crippen molar-refractivity contribution >= 4 is 0 Å². The summed E-state index contributed by atoms with van der Waals surface area (Å²) in [6.45, 7) is 6.16. The third-order valence-electron chi connectivity index (χ3n) is 3.91. The predicted molar refractivity (Wildman–Crippen MR) is 85.7 cm³/mol. The van der Waals surface area contributed by atoms with Gasteiger partial charge in [0.15, 0.2) is 5.69 Å². The highest BCUT2D eigenvalue weighted by molar-refractivity contribution is 5.70. The highest BCUT2D eigenvalue weighted by Crippen LogP contribution is 2.28. The molecule has 0 aliphatic carbocycles. The minimum atomic E-state index is 0.340. The molecule has 0 radical (unpaired) electrons. The van der Waals surface area contributed by atoms with Crippen LogP contribution in [0, 0.1) is 32.1 Å². The van der Waals surface area contributed by atoms with Crippen molar-refractivity contribution in [1.29, 1.82) is 5.26 Å². The van der Waals surface area contributed by atoms with Crippen LogP contribution in [0.3, 0.4) is 0 Å². The summed E-state index contributed by atoms with van der Waals surface area (Å²) < 4.78 is 1.74. The Morgan fingerprint density at radius 3 is 2.41 bits per heavy atom. The van der Waals surface area contributed by atoms with Gasteiger partial charge in [0.25, 0.3) is 0 Å². The van der Waals surface area contributed by atoms with Crippen molar-refractivity contribution in [3.05, 3.63) is 64.8 Å². The van der Waals surface area contributed by atoms with Gasteiger partial charge in [0.1, 0.15) is 11.8 Å². The van der Waals surface area contributed by atoms with Gasteiger partial charge in [-0.3, -0.25) is 0 Å². The molecular formula is C18H16N4. The summed E-state index contributed by atoms with van der Waals surface area (Å²) in [5, 5.41) is 17.6. The molecule has 0 atom stereocenters. The zero-order valence-electron chi connectivity index (χ0n) is 12.8. The van der Waals surface area contributed by atoms with E-state index in [1.165, 1.54) is 11.1 Å². The van der Waals surface area contributed by atoms with E-state index in [0.717, 1.165) is 22.5 Å². The van der Waals surface area contributed by atoms with Crippen molar-refractivity contribution in [2.24, 2.45) is 0 Å². The lowest BCUT2D eigenvalue weighted by atomic mass is 10.0. The summed E-state index contributed by atoms with van der Waals surface area (Å²) in [5.41, 5.74) is 6.46. The summed E-state index contributed by atoms with van der Waals surface area (Å²) >= 11 is 0. The first-order valence-corrected chi connectivity index (χ1v) is 7.11. The van der Waals surface area contributed by atoms with E-state index in [4.69, 9.17) is 0 Å². The Bertz CT molecular complexity index is 884. The van der Waals surface area contributed by atoms with Crippen molar-refractivity contribution in [2.45, 2.75) is 20.8 Å². The van der Waals surface area contributed by atoms with Gasteiger partial charge in [-0.15, -0.1) is 5.10 Å². The molecule has 2 aromatic carbocycles. The summed E-state index contributed by atoms with van der Waals surface area (Å²) in [5.74, 6) is 0. The number of rotatable bonds is 2. The van der Waals surface area contributed by atoms with E-state index < -0.39 is 0 Å². The molecule has 0 bridgehead atoms. The van der Waals surface area contributed by atoms with Gasteiger partial charge >= 0.3 is 0 Å². The fourth-order valence-corrected chi connectivity index (χ4v) is 2.48. The number of aromatic nitrogens is 3. The number of hydrogen-bond acceptors (Lipinski definition) is 3. The standard InChI is InChI=1S/C18H16N4/c1-12-8-9-15(10-14(12)3)22-18(17(11-19)20-21-22)16-7-5-4-6-13(16)2/h4-10H,1-3H3. The van der Waals surface area contributed by atoms with Gasteiger partial charge in [0.2, 0.25) is 0 Å². The Kier molecular flexibility index (Phi) is 3.48. The monoisotopic (exact) mass is 288 g/mol. The molecule has 3 rings (SSSR count). The molecule has 0 fully saturated rings. The second-order valence-electron chi connectivity index (χ2n) is 5.39. The van der Waals surface area contributed by atoms with Crippen LogP contribution in [-0.2, 0) is 0 Å². The lowest BCUT2D eigenvalue weighted by Gasteiger charge is -2.10. The van der Waals surface area contributed by atoms with Gasteiger partial charge in [-0.2, -0.15) is 5.26 Å². The van der Waals surface area contributed by atoms with E-state index in [-0.39, 0.29) is 0 Å². The van der Waals surface area contributed by atoms with E-state index >= 15 is 0 Å². The molecule has 0 aliphatic rings. The van der Waals surface area contributed by atoms with Crippen molar-refractivity contribution in [1.82, 2.24) is 15.0 Å². The maximum Gasteiger partial charge on any atom is 0.191 e. The van der Waals surface area contributed by atoms with Crippen LogP contribution in [0.2, 0.25) is 0 Å². The molecular weight excluding hydrogens is 272 g/mol. The number of aryl methyl sites for hydroxylation is 3. The van der Waals surface area contributed by atoms with Crippen LogP contribution in [0.1, 0.15) is 22.4 Å². The second kappa shape index (κ2) is 5.45. The van der Waals surface area contributed by atoms with Crippen LogP contribution in [0.15, 0.2) is 42.5 Å². The maximum atomic E-state index is 9.36. The summed E-state index contributed by atoms with van der Waals surface area (Å²) in [6, 6.07) is 16.2. The predicted octanol–water partition coefficient (Wildman–Crippen LogP) is 3.73. The van der Waals surface area contributed by atoms with Crippen LogP contribution in [-0.4, -0.2) is 15.0 Å². The topological polar surface area (TPSA) is 54.5 Å². The lowest BCUT2D eigenvalue weighted by molar-refractivity contribution is 0.805. The van der Waals surface area contributed by atoms with Crippen molar-refractivity contribution in [2.75, 3.05) is 0 Å². The second-order valence-corrected chi connectivity index (χ2v) is 5.39. The molecule has 0 unspecified atom stereocenters. The van der Waals surface area contributed by atoms with Crippen LogP contribution in [0.25, 0.3) is 16.9 Å². The fraction of sp³-hybridized carbons (Fsp3) is 0.167. The number of nitriles is 1. The number of hydrogen-bond donors (Lipinski definition) is 0. The Hall–Kier alpha value is -2.93. The first kappa shape index (κ1) is 14.0. The maximum absolute atomic E-state index is 9.36. The van der Waals surface area contributed by atoms with E-state index in [1.54, 1.807) is 4.68 Å². The third-order valence-corrected chi connectivity index (χ3v) is 3.91. The third kappa shape index (κ3) is 2.27. The zero-order valence-corrected chi connectivity index (χ0v) is 12.8. The van der Waals surface area contributed by atoms with E-state index in [1.807, 2.05) is 37.3 Å².